The minimum Gasteiger partial charge on any atom is -0.371 e. The van der Waals surface area contributed by atoms with Gasteiger partial charge in [-0.2, -0.15) is 0 Å². The fourth-order valence-corrected chi connectivity index (χ4v) is 4.11. The number of hydrogen-bond acceptors (Lipinski definition) is 4. The highest BCUT2D eigenvalue weighted by molar-refractivity contribution is 6.00. The SMILES string of the molecule is CC1CCN(c2ccc(NC(=O)CNC(=O)c3ccc(N4CCCC4=O)cc3)cc2)C1. The topological polar surface area (TPSA) is 81.8 Å². The van der Waals surface area contributed by atoms with E-state index in [-0.39, 0.29) is 24.3 Å². The third-order valence-electron chi connectivity index (χ3n) is 5.86. The first-order chi connectivity index (χ1) is 15.0. The molecule has 7 nitrogen and oxygen atoms in total. The largest absolute Gasteiger partial charge is 0.371 e. The molecule has 4 rings (SSSR count). The lowest BCUT2D eigenvalue weighted by molar-refractivity contribution is -0.117. The zero-order chi connectivity index (χ0) is 21.8. The molecule has 0 spiro atoms. The van der Waals surface area contributed by atoms with Crippen molar-refractivity contribution in [2.45, 2.75) is 26.2 Å². The Labute approximate surface area is 182 Å². The van der Waals surface area contributed by atoms with Crippen LogP contribution in [0.2, 0.25) is 0 Å². The van der Waals surface area contributed by atoms with Gasteiger partial charge in [-0.15, -0.1) is 0 Å². The highest BCUT2D eigenvalue weighted by Crippen LogP contribution is 2.25. The number of amides is 3. The molecule has 7 heteroatoms. The Morgan fingerprint density at radius 3 is 2.32 bits per heavy atom. The molecular weight excluding hydrogens is 392 g/mol. The van der Waals surface area contributed by atoms with E-state index < -0.39 is 0 Å². The van der Waals surface area contributed by atoms with Gasteiger partial charge in [0, 0.05) is 48.7 Å². The van der Waals surface area contributed by atoms with Crippen molar-refractivity contribution in [2.75, 3.05) is 41.3 Å². The van der Waals surface area contributed by atoms with Crippen molar-refractivity contribution in [3.63, 3.8) is 0 Å². The first-order valence-electron chi connectivity index (χ1n) is 10.8. The zero-order valence-corrected chi connectivity index (χ0v) is 17.8. The molecule has 2 aromatic rings. The smallest absolute Gasteiger partial charge is 0.251 e. The summed E-state index contributed by atoms with van der Waals surface area (Å²) in [7, 11) is 0. The van der Waals surface area contributed by atoms with Gasteiger partial charge in [0.2, 0.25) is 11.8 Å². The molecule has 2 saturated heterocycles. The Morgan fingerprint density at radius 2 is 1.71 bits per heavy atom. The second-order valence-corrected chi connectivity index (χ2v) is 8.31. The van der Waals surface area contributed by atoms with E-state index in [0.717, 1.165) is 30.9 Å². The van der Waals surface area contributed by atoms with Crippen molar-refractivity contribution in [1.29, 1.82) is 0 Å². The molecule has 2 aliphatic heterocycles. The molecule has 1 atom stereocenters. The van der Waals surface area contributed by atoms with Crippen LogP contribution >= 0.6 is 0 Å². The van der Waals surface area contributed by atoms with Crippen molar-refractivity contribution in [2.24, 2.45) is 5.92 Å². The molecule has 2 heterocycles. The molecule has 162 valence electrons. The summed E-state index contributed by atoms with van der Waals surface area (Å²) in [5, 5.41) is 5.45. The minimum atomic E-state index is -0.326. The van der Waals surface area contributed by atoms with Crippen LogP contribution in [0.5, 0.6) is 0 Å². The van der Waals surface area contributed by atoms with Crippen molar-refractivity contribution in [3.8, 4) is 0 Å². The predicted octanol–water partition coefficient (Wildman–Crippen LogP) is 3.03. The van der Waals surface area contributed by atoms with Gasteiger partial charge in [0.15, 0.2) is 0 Å². The lowest BCUT2D eigenvalue weighted by Crippen LogP contribution is -2.33. The summed E-state index contributed by atoms with van der Waals surface area (Å²) < 4.78 is 0. The maximum absolute atomic E-state index is 12.3. The predicted molar refractivity (Wildman–Crippen MR) is 121 cm³/mol. The Kier molecular flexibility index (Phi) is 6.21. The number of rotatable bonds is 6. The first kappa shape index (κ1) is 20.9. The Hall–Kier alpha value is -3.35. The second kappa shape index (κ2) is 9.20. The van der Waals surface area contributed by atoms with E-state index in [1.54, 1.807) is 29.2 Å². The van der Waals surface area contributed by atoms with Crippen LogP contribution in [-0.4, -0.2) is 43.9 Å². The summed E-state index contributed by atoms with van der Waals surface area (Å²) in [6, 6.07) is 14.7. The van der Waals surface area contributed by atoms with Crippen LogP contribution in [0.1, 0.15) is 36.5 Å². The molecule has 0 saturated carbocycles. The summed E-state index contributed by atoms with van der Waals surface area (Å²) in [6.07, 6.45) is 2.63. The van der Waals surface area contributed by atoms with Crippen molar-refractivity contribution in [3.05, 3.63) is 54.1 Å². The van der Waals surface area contributed by atoms with Crippen molar-refractivity contribution >= 4 is 34.8 Å². The summed E-state index contributed by atoms with van der Waals surface area (Å²) in [5.74, 6) is 0.210. The molecule has 2 fully saturated rings. The molecule has 31 heavy (non-hydrogen) atoms. The van der Waals surface area contributed by atoms with Crippen LogP contribution in [0.25, 0.3) is 0 Å². The molecule has 0 aliphatic carbocycles. The fourth-order valence-electron chi connectivity index (χ4n) is 4.11. The van der Waals surface area contributed by atoms with Gasteiger partial charge in [-0.25, -0.2) is 0 Å². The monoisotopic (exact) mass is 420 g/mol. The highest BCUT2D eigenvalue weighted by Gasteiger charge is 2.22. The van der Waals surface area contributed by atoms with Crippen LogP contribution in [0, 0.1) is 5.92 Å². The Balaban J connectivity index is 1.25. The van der Waals surface area contributed by atoms with E-state index in [0.29, 0.717) is 30.1 Å². The molecule has 2 aromatic carbocycles. The van der Waals surface area contributed by atoms with Gasteiger partial charge in [-0.1, -0.05) is 6.92 Å². The number of hydrogen-bond donors (Lipinski definition) is 2. The maximum atomic E-state index is 12.3. The molecule has 0 radical (unpaired) electrons. The van der Waals surface area contributed by atoms with E-state index >= 15 is 0 Å². The first-order valence-corrected chi connectivity index (χ1v) is 10.8. The third kappa shape index (κ3) is 5.05. The lowest BCUT2D eigenvalue weighted by atomic mass is 10.2. The molecule has 0 aromatic heterocycles. The molecule has 2 aliphatic rings. The number of nitrogens with zero attached hydrogens (tertiary/aromatic N) is 2. The number of carbonyl (C=O) groups is 3. The highest BCUT2D eigenvalue weighted by atomic mass is 16.2. The van der Waals surface area contributed by atoms with Crippen molar-refractivity contribution in [1.82, 2.24) is 5.32 Å². The van der Waals surface area contributed by atoms with Crippen molar-refractivity contribution < 1.29 is 14.4 Å². The number of benzene rings is 2. The number of nitrogens with one attached hydrogen (secondary N) is 2. The fraction of sp³-hybridized carbons (Fsp3) is 0.375. The van der Waals surface area contributed by atoms with Gasteiger partial charge in [-0.05, 0) is 67.3 Å². The zero-order valence-electron chi connectivity index (χ0n) is 17.8. The van der Waals surface area contributed by atoms with Crippen LogP contribution in [0.15, 0.2) is 48.5 Å². The van der Waals surface area contributed by atoms with Gasteiger partial charge in [0.05, 0.1) is 6.54 Å². The Bertz CT molecular complexity index is 956. The molecule has 2 N–H and O–H groups in total. The minimum absolute atomic E-state index is 0.108. The Morgan fingerprint density at radius 1 is 1.00 bits per heavy atom. The lowest BCUT2D eigenvalue weighted by Gasteiger charge is -2.18. The van der Waals surface area contributed by atoms with E-state index in [9.17, 15) is 14.4 Å². The van der Waals surface area contributed by atoms with Crippen LogP contribution in [-0.2, 0) is 9.59 Å². The average molecular weight is 421 g/mol. The van der Waals surface area contributed by atoms with Gasteiger partial charge >= 0.3 is 0 Å². The molecule has 1 unspecified atom stereocenters. The molecular formula is C24H28N4O3. The second-order valence-electron chi connectivity index (χ2n) is 8.31. The molecule has 3 amide bonds. The van der Waals surface area contributed by atoms with E-state index in [1.807, 2.05) is 24.3 Å². The van der Waals surface area contributed by atoms with Gasteiger partial charge < -0.3 is 20.4 Å². The number of anilines is 3. The van der Waals surface area contributed by atoms with Gasteiger partial charge in [0.1, 0.15) is 0 Å². The quantitative estimate of drug-likeness (QED) is 0.753. The standard InChI is InChI=1S/C24H28N4O3/c1-17-12-14-27(16-17)20-10-6-19(7-11-20)26-22(29)15-25-24(31)18-4-8-21(9-5-18)28-13-2-3-23(28)30/h4-11,17H,2-3,12-16H2,1H3,(H,25,31)(H,26,29). The summed E-state index contributed by atoms with van der Waals surface area (Å²) in [4.78, 5) is 40.5. The van der Waals surface area contributed by atoms with E-state index in [1.165, 1.54) is 6.42 Å². The molecule has 0 bridgehead atoms. The third-order valence-corrected chi connectivity index (χ3v) is 5.86. The van der Waals surface area contributed by atoms with Gasteiger partial charge in [0.25, 0.3) is 5.91 Å². The van der Waals surface area contributed by atoms with Gasteiger partial charge in [-0.3, -0.25) is 14.4 Å². The number of carbonyl (C=O) groups excluding carboxylic acids is 3. The summed E-state index contributed by atoms with van der Waals surface area (Å²) >= 11 is 0. The van der Waals surface area contributed by atoms with Crippen LogP contribution in [0.4, 0.5) is 17.1 Å². The van der Waals surface area contributed by atoms with Crippen LogP contribution in [0.3, 0.4) is 0 Å². The maximum Gasteiger partial charge on any atom is 0.251 e. The van der Waals surface area contributed by atoms with Crippen LogP contribution < -0.4 is 20.4 Å². The van der Waals surface area contributed by atoms with E-state index in [4.69, 9.17) is 0 Å². The average Bonchev–Trinajstić information content (AvgIpc) is 3.41. The summed E-state index contributed by atoms with van der Waals surface area (Å²) in [5.41, 5.74) is 3.11. The normalized spacial score (nSPS) is 18.4. The van der Waals surface area contributed by atoms with E-state index in [2.05, 4.69) is 22.5 Å². The summed E-state index contributed by atoms with van der Waals surface area (Å²) in [6.45, 7) is 4.98.